The summed E-state index contributed by atoms with van der Waals surface area (Å²) < 4.78 is 0. The molecule has 2 nitrogen and oxygen atoms in total. The second-order valence-electron chi connectivity index (χ2n) is 4.50. The molecule has 84 valence electrons. The molecule has 0 saturated heterocycles. The lowest BCUT2D eigenvalue weighted by atomic mass is 9.91. The molecule has 2 N–H and O–H groups in total. The average molecular weight is 224 g/mol. The molecule has 0 bridgehead atoms. The van der Waals surface area contributed by atoms with Crippen molar-refractivity contribution in [1.29, 1.82) is 0 Å². The third-order valence-corrected chi connectivity index (χ3v) is 4.51. The van der Waals surface area contributed by atoms with Gasteiger partial charge in [0.2, 0.25) is 0 Å². The van der Waals surface area contributed by atoms with Crippen LogP contribution < -0.4 is 5.73 Å². The molecule has 1 aromatic heterocycles. The van der Waals surface area contributed by atoms with Gasteiger partial charge in [-0.15, -0.1) is 11.3 Å². The third kappa shape index (κ3) is 2.41. The molecule has 0 amide bonds. The molecule has 3 heteroatoms. The van der Waals surface area contributed by atoms with Crippen LogP contribution in [-0.4, -0.2) is 18.0 Å². The first-order valence-corrected chi connectivity index (χ1v) is 6.51. The third-order valence-electron chi connectivity index (χ3n) is 3.39. The van der Waals surface area contributed by atoms with E-state index in [1.807, 2.05) is 11.3 Å². The topological polar surface area (TPSA) is 29.3 Å². The molecule has 0 radical (unpaired) electrons. The highest BCUT2D eigenvalue weighted by atomic mass is 32.1. The molecular weight excluding hydrogens is 204 g/mol. The van der Waals surface area contributed by atoms with Crippen molar-refractivity contribution >= 4 is 11.3 Å². The zero-order chi connectivity index (χ0) is 10.8. The smallest absolute Gasteiger partial charge is 0.0274 e. The molecule has 15 heavy (non-hydrogen) atoms. The maximum atomic E-state index is 5.66. The van der Waals surface area contributed by atoms with E-state index in [1.165, 1.54) is 34.6 Å². The van der Waals surface area contributed by atoms with Crippen LogP contribution in [0.4, 0.5) is 0 Å². The first-order chi connectivity index (χ1) is 7.20. The summed E-state index contributed by atoms with van der Waals surface area (Å²) in [6.07, 6.45) is 4.17. The number of hydrogen-bond acceptors (Lipinski definition) is 3. The standard InChI is InChI=1S/C12H20N2S/c1-9-10(6-12(7-13)15-9)8-14(2)11-4-3-5-11/h6,11H,3-5,7-8,13H2,1-2H3. The molecule has 0 spiro atoms. The molecule has 0 aliphatic heterocycles. The number of hydrogen-bond donors (Lipinski definition) is 1. The first-order valence-electron chi connectivity index (χ1n) is 5.69. The Balaban J connectivity index is 1.99. The van der Waals surface area contributed by atoms with Crippen LogP contribution in [0.5, 0.6) is 0 Å². The molecule has 1 fully saturated rings. The van der Waals surface area contributed by atoms with E-state index in [9.17, 15) is 0 Å². The number of nitrogens with zero attached hydrogens (tertiary/aromatic N) is 1. The fraction of sp³-hybridized carbons (Fsp3) is 0.667. The minimum absolute atomic E-state index is 0.679. The van der Waals surface area contributed by atoms with Crippen molar-refractivity contribution in [3.05, 3.63) is 21.4 Å². The van der Waals surface area contributed by atoms with Crippen molar-refractivity contribution in [1.82, 2.24) is 4.90 Å². The van der Waals surface area contributed by atoms with Crippen LogP contribution in [0.25, 0.3) is 0 Å². The quantitative estimate of drug-likeness (QED) is 0.851. The van der Waals surface area contributed by atoms with Crippen molar-refractivity contribution in [2.75, 3.05) is 7.05 Å². The van der Waals surface area contributed by atoms with Gasteiger partial charge < -0.3 is 5.73 Å². The van der Waals surface area contributed by atoms with E-state index in [0.717, 1.165) is 12.6 Å². The Labute approximate surface area is 96.1 Å². The summed E-state index contributed by atoms with van der Waals surface area (Å²) in [5.41, 5.74) is 7.12. The van der Waals surface area contributed by atoms with Crippen molar-refractivity contribution in [2.45, 2.75) is 45.3 Å². The van der Waals surface area contributed by atoms with E-state index in [-0.39, 0.29) is 0 Å². The number of thiophene rings is 1. The fourth-order valence-electron chi connectivity index (χ4n) is 2.07. The SMILES string of the molecule is Cc1sc(CN)cc1CN(C)C1CCC1. The summed E-state index contributed by atoms with van der Waals surface area (Å²) in [6, 6.07) is 3.10. The van der Waals surface area contributed by atoms with Crippen LogP contribution in [0, 0.1) is 6.92 Å². The predicted octanol–water partition coefficient (Wildman–Crippen LogP) is 2.50. The van der Waals surface area contributed by atoms with E-state index in [2.05, 4.69) is 24.9 Å². The zero-order valence-corrected chi connectivity index (χ0v) is 10.4. The van der Waals surface area contributed by atoms with Crippen molar-refractivity contribution in [3.8, 4) is 0 Å². The van der Waals surface area contributed by atoms with Crippen molar-refractivity contribution < 1.29 is 0 Å². The van der Waals surface area contributed by atoms with Crippen LogP contribution >= 0.6 is 11.3 Å². The lowest BCUT2D eigenvalue weighted by Gasteiger charge is -2.34. The van der Waals surface area contributed by atoms with Crippen molar-refractivity contribution in [3.63, 3.8) is 0 Å². The number of rotatable bonds is 4. The summed E-state index contributed by atoms with van der Waals surface area (Å²) in [5, 5.41) is 0. The molecule has 1 aliphatic rings. The molecule has 1 aliphatic carbocycles. The lowest BCUT2D eigenvalue weighted by molar-refractivity contribution is 0.152. The molecule has 0 atom stereocenters. The molecule has 1 saturated carbocycles. The average Bonchev–Trinajstić information content (AvgIpc) is 2.44. The Hall–Kier alpha value is -0.380. The normalized spacial score (nSPS) is 17.1. The first kappa shape index (κ1) is 11.1. The minimum atomic E-state index is 0.679. The Bertz CT molecular complexity index is 328. The summed E-state index contributed by atoms with van der Waals surface area (Å²) in [4.78, 5) is 5.23. The highest BCUT2D eigenvalue weighted by Gasteiger charge is 2.22. The van der Waals surface area contributed by atoms with Gasteiger partial charge in [0.25, 0.3) is 0 Å². The number of aryl methyl sites for hydroxylation is 1. The Morgan fingerprint density at radius 3 is 2.73 bits per heavy atom. The molecule has 1 heterocycles. The van der Waals surface area contributed by atoms with Gasteiger partial charge in [-0.25, -0.2) is 0 Å². The predicted molar refractivity (Wildman–Crippen MR) is 66.1 cm³/mol. The van der Waals surface area contributed by atoms with E-state index in [4.69, 9.17) is 5.73 Å². The van der Waals surface area contributed by atoms with Gasteiger partial charge in [-0.2, -0.15) is 0 Å². The molecule has 0 aromatic carbocycles. The number of nitrogens with two attached hydrogens (primary N) is 1. The van der Waals surface area contributed by atoms with Gasteiger partial charge in [-0.3, -0.25) is 4.90 Å². The van der Waals surface area contributed by atoms with E-state index < -0.39 is 0 Å². The molecule has 2 rings (SSSR count). The molecule has 0 unspecified atom stereocenters. The van der Waals surface area contributed by atoms with Crippen LogP contribution in [0.3, 0.4) is 0 Å². The summed E-state index contributed by atoms with van der Waals surface area (Å²) in [6.45, 7) is 3.97. The van der Waals surface area contributed by atoms with Crippen LogP contribution in [0.1, 0.15) is 34.6 Å². The largest absolute Gasteiger partial charge is 0.326 e. The lowest BCUT2D eigenvalue weighted by Crippen LogP contribution is -2.36. The Morgan fingerprint density at radius 2 is 2.27 bits per heavy atom. The van der Waals surface area contributed by atoms with Gasteiger partial charge in [-0.05, 0) is 38.4 Å². The van der Waals surface area contributed by atoms with E-state index >= 15 is 0 Å². The minimum Gasteiger partial charge on any atom is -0.326 e. The van der Waals surface area contributed by atoms with Crippen LogP contribution in [0.2, 0.25) is 0 Å². The summed E-state index contributed by atoms with van der Waals surface area (Å²) >= 11 is 1.84. The summed E-state index contributed by atoms with van der Waals surface area (Å²) in [7, 11) is 2.24. The fourth-order valence-corrected chi connectivity index (χ4v) is 3.00. The van der Waals surface area contributed by atoms with Crippen LogP contribution in [0.15, 0.2) is 6.07 Å². The van der Waals surface area contributed by atoms with Gasteiger partial charge >= 0.3 is 0 Å². The Kier molecular flexibility index (Phi) is 3.44. The van der Waals surface area contributed by atoms with Gasteiger partial charge in [0.1, 0.15) is 0 Å². The highest BCUT2D eigenvalue weighted by Crippen LogP contribution is 2.27. The van der Waals surface area contributed by atoms with E-state index in [1.54, 1.807) is 0 Å². The Morgan fingerprint density at radius 1 is 1.53 bits per heavy atom. The highest BCUT2D eigenvalue weighted by molar-refractivity contribution is 7.12. The zero-order valence-electron chi connectivity index (χ0n) is 9.62. The van der Waals surface area contributed by atoms with Crippen LogP contribution in [-0.2, 0) is 13.1 Å². The monoisotopic (exact) mass is 224 g/mol. The molecule has 1 aromatic rings. The van der Waals surface area contributed by atoms with Gasteiger partial charge in [0, 0.05) is 28.9 Å². The van der Waals surface area contributed by atoms with E-state index in [0.29, 0.717) is 6.54 Å². The van der Waals surface area contributed by atoms with Gasteiger partial charge in [0.15, 0.2) is 0 Å². The van der Waals surface area contributed by atoms with Gasteiger partial charge in [0.05, 0.1) is 0 Å². The maximum Gasteiger partial charge on any atom is 0.0274 e. The second-order valence-corrected chi connectivity index (χ2v) is 5.84. The van der Waals surface area contributed by atoms with Crippen molar-refractivity contribution in [2.24, 2.45) is 5.73 Å². The maximum absolute atomic E-state index is 5.66. The van der Waals surface area contributed by atoms with Gasteiger partial charge in [-0.1, -0.05) is 6.42 Å². The second kappa shape index (κ2) is 4.64. The summed E-state index contributed by atoms with van der Waals surface area (Å²) in [5.74, 6) is 0. The molecular formula is C12H20N2S.